The standard InChI is InChI=1S/C16H26N2O2/c1-16(2,11-8-12-18(3)4)17-15(19)20-13-14-9-6-5-7-10-14/h5-7,9-10H,8,11-13H2,1-4H3,(H,17,19). The second-order valence-corrected chi connectivity index (χ2v) is 5.98. The zero-order chi connectivity index (χ0) is 15.0. The average molecular weight is 278 g/mol. The molecule has 0 bridgehead atoms. The fraction of sp³-hybridized carbons (Fsp3) is 0.562. The summed E-state index contributed by atoms with van der Waals surface area (Å²) in [4.78, 5) is 13.9. The highest BCUT2D eigenvalue weighted by Crippen LogP contribution is 2.12. The molecule has 0 fully saturated rings. The van der Waals surface area contributed by atoms with Gasteiger partial charge in [-0.1, -0.05) is 30.3 Å². The Kier molecular flexibility index (Phi) is 6.52. The van der Waals surface area contributed by atoms with Crippen LogP contribution in [0.1, 0.15) is 32.3 Å². The van der Waals surface area contributed by atoms with Crippen LogP contribution in [0.3, 0.4) is 0 Å². The number of ether oxygens (including phenoxy) is 1. The van der Waals surface area contributed by atoms with E-state index in [1.54, 1.807) is 0 Å². The van der Waals surface area contributed by atoms with Gasteiger partial charge in [-0.05, 0) is 52.9 Å². The predicted octanol–water partition coefficient (Wildman–Crippen LogP) is 3.03. The van der Waals surface area contributed by atoms with Crippen molar-refractivity contribution in [2.75, 3.05) is 20.6 Å². The average Bonchev–Trinajstić information content (AvgIpc) is 2.36. The van der Waals surface area contributed by atoms with Gasteiger partial charge in [0.15, 0.2) is 0 Å². The lowest BCUT2D eigenvalue weighted by atomic mass is 9.99. The summed E-state index contributed by atoms with van der Waals surface area (Å²) in [5, 5.41) is 2.92. The van der Waals surface area contributed by atoms with Crippen LogP contribution >= 0.6 is 0 Å². The van der Waals surface area contributed by atoms with Crippen LogP contribution in [0, 0.1) is 0 Å². The number of carbonyl (C=O) groups is 1. The molecular formula is C16H26N2O2. The summed E-state index contributed by atoms with van der Waals surface area (Å²) >= 11 is 0. The van der Waals surface area contributed by atoms with Crippen molar-refractivity contribution < 1.29 is 9.53 Å². The first kappa shape index (κ1) is 16.5. The van der Waals surface area contributed by atoms with Crippen molar-refractivity contribution >= 4 is 6.09 Å². The summed E-state index contributed by atoms with van der Waals surface area (Å²) in [6.07, 6.45) is 1.61. The van der Waals surface area contributed by atoms with Gasteiger partial charge in [0.05, 0.1) is 0 Å². The Morgan fingerprint density at radius 1 is 1.25 bits per heavy atom. The normalized spacial score (nSPS) is 11.4. The summed E-state index contributed by atoms with van der Waals surface area (Å²) in [7, 11) is 4.10. The highest BCUT2D eigenvalue weighted by atomic mass is 16.5. The number of hydrogen-bond donors (Lipinski definition) is 1. The molecule has 0 saturated carbocycles. The van der Waals surface area contributed by atoms with Gasteiger partial charge in [0, 0.05) is 5.54 Å². The molecule has 0 heterocycles. The van der Waals surface area contributed by atoms with Gasteiger partial charge in [-0.15, -0.1) is 0 Å². The van der Waals surface area contributed by atoms with E-state index in [4.69, 9.17) is 4.74 Å². The van der Waals surface area contributed by atoms with Crippen LogP contribution in [0.2, 0.25) is 0 Å². The maximum Gasteiger partial charge on any atom is 0.407 e. The first-order chi connectivity index (χ1) is 9.39. The quantitative estimate of drug-likeness (QED) is 0.833. The summed E-state index contributed by atoms with van der Waals surface area (Å²) in [5.74, 6) is 0. The van der Waals surface area contributed by atoms with Gasteiger partial charge in [-0.2, -0.15) is 0 Å². The highest BCUT2D eigenvalue weighted by molar-refractivity contribution is 5.68. The molecule has 1 aromatic carbocycles. The molecule has 0 radical (unpaired) electrons. The van der Waals surface area contributed by atoms with Gasteiger partial charge in [-0.25, -0.2) is 4.79 Å². The van der Waals surface area contributed by atoms with Crippen LogP contribution < -0.4 is 5.32 Å². The van der Waals surface area contributed by atoms with Crippen molar-refractivity contribution in [3.63, 3.8) is 0 Å². The second-order valence-electron chi connectivity index (χ2n) is 5.98. The number of amides is 1. The second kappa shape index (κ2) is 7.90. The summed E-state index contributed by atoms with van der Waals surface area (Å²) in [6, 6.07) is 9.69. The SMILES string of the molecule is CN(C)CCCC(C)(C)NC(=O)OCc1ccccc1. The van der Waals surface area contributed by atoms with E-state index in [1.807, 2.05) is 44.2 Å². The van der Waals surface area contributed by atoms with Gasteiger partial charge in [-0.3, -0.25) is 0 Å². The van der Waals surface area contributed by atoms with E-state index in [9.17, 15) is 4.79 Å². The Bertz CT molecular complexity index is 402. The molecule has 0 aliphatic rings. The third kappa shape index (κ3) is 7.14. The Labute approximate surface area is 122 Å². The van der Waals surface area contributed by atoms with Crippen molar-refractivity contribution in [1.29, 1.82) is 0 Å². The van der Waals surface area contributed by atoms with E-state index >= 15 is 0 Å². The van der Waals surface area contributed by atoms with E-state index in [0.29, 0.717) is 6.61 Å². The van der Waals surface area contributed by atoms with Gasteiger partial charge in [0.1, 0.15) is 6.61 Å². The molecule has 0 saturated heterocycles. The van der Waals surface area contributed by atoms with Crippen molar-refractivity contribution in [1.82, 2.24) is 10.2 Å². The molecule has 1 N–H and O–H groups in total. The molecule has 20 heavy (non-hydrogen) atoms. The Hall–Kier alpha value is -1.55. The Morgan fingerprint density at radius 3 is 2.50 bits per heavy atom. The number of nitrogens with zero attached hydrogens (tertiary/aromatic N) is 1. The van der Waals surface area contributed by atoms with Crippen molar-refractivity contribution in [2.24, 2.45) is 0 Å². The van der Waals surface area contributed by atoms with E-state index < -0.39 is 0 Å². The van der Waals surface area contributed by atoms with Crippen LogP contribution in [-0.2, 0) is 11.3 Å². The zero-order valence-electron chi connectivity index (χ0n) is 13.0. The van der Waals surface area contributed by atoms with Crippen molar-refractivity contribution in [3.05, 3.63) is 35.9 Å². The number of benzene rings is 1. The summed E-state index contributed by atoms with van der Waals surface area (Å²) in [5.41, 5.74) is 0.747. The lowest BCUT2D eigenvalue weighted by Gasteiger charge is -2.26. The largest absolute Gasteiger partial charge is 0.445 e. The van der Waals surface area contributed by atoms with Crippen LogP contribution in [0.15, 0.2) is 30.3 Å². The smallest absolute Gasteiger partial charge is 0.407 e. The van der Waals surface area contributed by atoms with Crippen molar-refractivity contribution in [3.8, 4) is 0 Å². The lowest BCUT2D eigenvalue weighted by Crippen LogP contribution is -2.43. The summed E-state index contributed by atoms with van der Waals surface area (Å²) < 4.78 is 5.23. The molecule has 1 rings (SSSR count). The zero-order valence-corrected chi connectivity index (χ0v) is 13.0. The molecule has 0 aliphatic carbocycles. The maximum atomic E-state index is 11.8. The topological polar surface area (TPSA) is 41.6 Å². The Balaban J connectivity index is 2.29. The van der Waals surface area contributed by atoms with Gasteiger partial charge in [0.2, 0.25) is 0 Å². The lowest BCUT2D eigenvalue weighted by molar-refractivity contribution is 0.128. The van der Waals surface area contributed by atoms with Crippen LogP contribution in [0.5, 0.6) is 0 Å². The molecule has 0 aliphatic heterocycles. The first-order valence-electron chi connectivity index (χ1n) is 7.03. The highest BCUT2D eigenvalue weighted by Gasteiger charge is 2.20. The number of carbonyl (C=O) groups excluding carboxylic acids is 1. The summed E-state index contributed by atoms with van der Waals surface area (Å²) in [6.45, 7) is 5.36. The number of hydrogen-bond acceptors (Lipinski definition) is 3. The number of nitrogens with one attached hydrogen (secondary N) is 1. The minimum atomic E-state index is -0.358. The first-order valence-corrected chi connectivity index (χ1v) is 7.03. The molecule has 112 valence electrons. The molecular weight excluding hydrogens is 252 g/mol. The third-order valence-corrected chi connectivity index (χ3v) is 3.06. The van der Waals surface area contributed by atoms with Crippen LogP contribution in [0.25, 0.3) is 0 Å². The van der Waals surface area contributed by atoms with E-state index in [0.717, 1.165) is 24.9 Å². The van der Waals surface area contributed by atoms with Gasteiger partial charge < -0.3 is 15.0 Å². The molecule has 0 aromatic heterocycles. The van der Waals surface area contributed by atoms with Gasteiger partial charge >= 0.3 is 6.09 Å². The maximum absolute atomic E-state index is 11.8. The molecule has 0 spiro atoms. The van der Waals surface area contributed by atoms with Crippen LogP contribution in [-0.4, -0.2) is 37.2 Å². The number of alkyl carbamates (subject to hydrolysis) is 1. The molecule has 4 nitrogen and oxygen atoms in total. The van der Waals surface area contributed by atoms with E-state index in [2.05, 4.69) is 24.3 Å². The van der Waals surface area contributed by atoms with Crippen molar-refractivity contribution in [2.45, 2.75) is 38.8 Å². The fourth-order valence-corrected chi connectivity index (χ4v) is 1.94. The minimum absolute atomic E-state index is 0.246. The van der Waals surface area contributed by atoms with Gasteiger partial charge in [0.25, 0.3) is 0 Å². The Morgan fingerprint density at radius 2 is 1.90 bits per heavy atom. The molecule has 0 unspecified atom stereocenters. The predicted molar refractivity (Wildman–Crippen MR) is 81.6 cm³/mol. The molecule has 4 heteroatoms. The molecule has 1 aromatic rings. The number of rotatable bonds is 7. The van der Waals surface area contributed by atoms with E-state index in [-0.39, 0.29) is 11.6 Å². The monoisotopic (exact) mass is 278 g/mol. The van der Waals surface area contributed by atoms with E-state index in [1.165, 1.54) is 0 Å². The molecule has 1 amide bonds. The minimum Gasteiger partial charge on any atom is -0.445 e. The van der Waals surface area contributed by atoms with Crippen LogP contribution in [0.4, 0.5) is 4.79 Å². The molecule has 0 atom stereocenters. The third-order valence-electron chi connectivity index (χ3n) is 3.06. The fourth-order valence-electron chi connectivity index (χ4n) is 1.94.